The smallest absolute Gasteiger partial charge is 0.00388 e. The molecular formula is C12H24N2. The van der Waals surface area contributed by atoms with Crippen molar-refractivity contribution in [1.82, 2.24) is 9.80 Å². The summed E-state index contributed by atoms with van der Waals surface area (Å²) in [7, 11) is 0. The second kappa shape index (κ2) is 3.82. The van der Waals surface area contributed by atoms with Gasteiger partial charge in [0.2, 0.25) is 0 Å². The van der Waals surface area contributed by atoms with Crippen LogP contribution in [0.15, 0.2) is 0 Å². The second-order valence-electron chi connectivity index (χ2n) is 5.62. The van der Waals surface area contributed by atoms with Crippen molar-refractivity contribution in [2.24, 2.45) is 11.8 Å². The van der Waals surface area contributed by atoms with Gasteiger partial charge in [-0.3, -0.25) is 0 Å². The number of nitrogens with zero attached hydrogens (tertiary/aromatic N) is 2. The first-order chi connectivity index (χ1) is 6.58. The Labute approximate surface area is 88.3 Å². The Morgan fingerprint density at radius 1 is 0.714 bits per heavy atom. The van der Waals surface area contributed by atoms with Crippen LogP contribution in [-0.2, 0) is 0 Å². The van der Waals surface area contributed by atoms with Crippen LogP contribution in [0.4, 0.5) is 0 Å². The third-order valence-corrected chi connectivity index (χ3v) is 4.00. The quantitative estimate of drug-likeness (QED) is 0.677. The summed E-state index contributed by atoms with van der Waals surface area (Å²) >= 11 is 0. The number of hydrogen-bond acceptors (Lipinski definition) is 2. The zero-order valence-corrected chi connectivity index (χ0v) is 10.0. The summed E-state index contributed by atoms with van der Waals surface area (Å²) in [6.45, 7) is 14.6. The van der Waals surface area contributed by atoms with Gasteiger partial charge in [0.05, 0.1) is 0 Å². The van der Waals surface area contributed by atoms with Gasteiger partial charge in [0.25, 0.3) is 0 Å². The highest BCUT2D eigenvalue weighted by Crippen LogP contribution is 2.32. The van der Waals surface area contributed by atoms with E-state index >= 15 is 0 Å². The molecule has 0 N–H and O–H groups in total. The van der Waals surface area contributed by atoms with Crippen LogP contribution < -0.4 is 0 Å². The van der Waals surface area contributed by atoms with Crippen molar-refractivity contribution >= 4 is 0 Å². The summed E-state index contributed by atoms with van der Waals surface area (Å²) < 4.78 is 0. The highest BCUT2D eigenvalue weighted by molar-refractivity contribution is 4.94. The highest BCUT2D eigenvalue weighted by Gasteiger charge is 2.40. The Kier molecular flexibility index (Phi) is 2.85. The van der Waals surface area contributed by atoms with Crippen LogP contribution in [0, 0.1) is 11.8 Å². The van der Waals surface area contributed by atoms with E-state index in [0.717, 1.165) is 23.9 Å². The maximum Gasteiger partial charge on any atom is 0.00388 e. The van der Waals surface area contributed by atoms with Gasteiger partial charge in [-0.1, -0.05) is 0 Å². The van der Waals surface area contributed by atoms with Crippen molar-refractivity contribution < 1.29 is 0 Å². The first kappa shape index (κ1) is 10.4. The zero-order valence-electron chi connectivity index (χ0n) is 10.0. The minimum Gasteiger partial charge on any atom is -0.300 e. The van der Waals surface area contributed by atoms with Gasteiger partial charge in [0.15, 0.2) is 0 Å². The molecule has 0 aromatic heterocycles. The van der Waals surface area contributed by atoms with Crippen molar-refractivity contribution in [1.29, 1.82) is 0 Å². The Hall–Kier alpha value is -0.0800. The van der Waals surface area contributed by atoms with Crippen LogP contribution in [0.5, 0.6) is 0 Å². The van der Waals surface area contributed by atoms with Crippen LogP contribution in [0.2, 0.25) is 0 Å². The predicted molar refractivity (Wildman–Crippen MR) is 60.4 cm³/mol. The lowest BCUT2D eigenvalue weighted by Gasteiger charge is -2.53. The topological polar surface area (TPSA) is 6.48 Å². The predicted octanol–water partition coefficient (Wildman–Crippen LogP) is 1.67. The average molecular weight is 196 g/mol. The van der Waals surface area contributed by atoms with Crippen LogP contribution in [0.1, 0.15) is 27.7 Å². The SMILES string of the molecule is CC(C)N1CC(C2CN(C(C)C)C2)C1. The van der Waals surface area contributed by atoms with E-state index in [4.69, 9.17) is 0 Å². The van der Waals surface area contributed by atoms with Crippen molar-refractivity contribution in [3.63, 3.8) is 0 Å². The minimum atomic E-state index is 0.757. The lowest BCUT2D eigenvalue weighted by molar-refractivity contribution is -0.0444. The molecule has 2 saturated heterocycles. The normalized spacial score (nSPS) is 27.0. The highest BCUT2D eigenvalue weighted by atomic mass is 15.3. The van der Waals surface area contributed by atoms with E-state index in [1.54, 1.807) is 0 Å². The van der Waals surface area contributed by atoms with Crippen molar-refractivity contribution in [3.8, 4) is 0 Å². The molecule has 0 radical (unpaired) electrons. The molecule has 0 unspecified atom stereocenters. The summed E-state index contributed by atoms with van der Waals surface area (Å²) in [4.78, 5) is 5.17. The summed E-state index contributed by atoms with van der Waals surface area (Å²) in [5.74, 6) is 2.01. The largest absolute Gasteiger partial charge is 0.300 e. The van der Waals surface area contributed by atoms with Gasteiger partial charge in [-0.2, -0.15) is 0 Å². The van der Waals surface area contributed by atoms with Gasteiger partial charge < -0.3 is 9.80 Å². The number of rotatable bonds is 3. The molecular weight excluding hydrogens is 172 g/mol. The van der Waals surface area contributed by atoms with Crippen molar-refractivity contribution in [2.75, 3.05) is 26.2 Å². The first-order valence-corrected chi connectivity index (χ1v) is 6.06. The van der Waals surface area contributed by atoms with Crippen molar-refractivity contribution in [3.05, 3.63) is 0 Å². The molecule has 2 aliphatic rings. The molecule has 0 spiro atoms. The molecule has 14 heavy (non-hydrogen) atoms. The molecule has 2 nitrogen and oxygen atoms in total. The molecule has 0 bridgehead atoms. The van der Waals surface area contributed by atoms with E-state index in [1.165, 1.54) is 26.2 Å². The second-order valence-corrected chi connectivity index (χ2v) is 5.62. The fraction of sp³-hybridized carbons (Fsp3) is 1.00. The van der Waals surface area contributed by atoms with Crippen LogP contribution in [0.3, 0.4) is 0 Å². The Morgan fingerprint density at radius 3 is 1.21 bits per heavy atom. The first-order valence-electron chi connectivity index (χ1n) is 6.06. The molecule has 2 heterocycles. The van der Waals surface area contributed by atoms with Crippen molar-refractivity contribution in [2.45, 2.75) is 39.8 Å². The van der Waals surface area contributed by atoms with Crippen LogP contribution in [0.25, 0.3) is 0 Å². The number of likely N-dealkylation sites (tertiary alicyclic amines) is 2. The maximum absolute atomic E-state index is 2.59. The third-order valence-electron chi connectivity index (χ3n) is 4.00. The maximum atomic E-state index is 2.59. The molecule has 0 amide bonds. The van der Waals surface area contributed by atoms with Gasteiger partial charge in [-0.15, -0.1) is 0 Å². The van der Waals surface area contributed by atoms with Gasteiger partial charge in [0.1, 0.15) is 0 Å². The average Bonchev–Trinajstić information content (AvgIpc) is 1.88. The number of hydrogen-bond donors (Lipinski definition) is 0. The molecule has 2 aliphatic heterocycles. The van der Waals surface area contributed by atoms with E-state index in [1.807, 2.05) is 0 Å². The molecule has 2 fully saturated rings. The van der Waals surface area contributed by atoms with Gasteiger partial charge >= 0.3 is 0 Å². The fourth-order valence-electron chi connectivity index (χ4n) is 2.54. The molecule has 0 aromatic rings. The molecule has 0 saturated carbocycles. The molecule has 2 rings (SSSR count). The molecule has 2 heteroatoms. The summed E-state index contributed by atoms with van der Waals surface area (Å²) in [6, 6.07) is 1.51. The Morgan fingerprint density at radius 2 is 1.00 bits per heavy atom. The lowest BCUT2D eigenvalue weighted by Crippen LogP contribution is -2.61. The monoisotopic (exact) mass is 196 g/mol. The minimum absolute atomic E-state index is 0.757. The van der Waals surface area contributed by atoms with E-state index in [9.17, 15) is 0 Å². The van der Waals surface area contributed by atoms with Crippen LogP contribution >= 0.6 is 0 Å². The lowest BCUT2D eigenvalue weighted by atomic mass is 9.79. The standard InChI is InChI=1S/C12H24N2/c1-9(2)13-5-11(6-13)12-7-14(8-12)10(3)4/h9-12H,5-8H2,1-4H3. The van der Waals surface area contributed by atoms with E-state index in [2.05, 4.69) is 37.5 Å². The fourth-order valence-corrected chi connectivity index (χ4v) is 2.54. The molecule has 0 aromatic carbocycles. The molecule has 82 valence electrons. The molecule has 0 aliphatic carbocycles. The zero-order chi connectivity index (χ0) is 10.3. The third kappa shape index (κ3) is 1.82. The Bertz CT molecular complexity index is 166. The van der Waals surface area contributed by atoms with E-state index in [-0.39, 0.29) is 0 Å². The van der Waals surface area contributed by atoms with Gasteiger partial charge in [0, 0.05) is 38.3 Å². The van der Waals surface area contributed by atoms with E-state index < -0.39 is 0 Å². The van der Waals surface area contributed by atoms with E-state index in [0.29, 0.717) is 0 Å². The summed E-state index contributed by atoms with van der Waals surface area (Å²) in [6.07, 6.45) is 0. The van der Waals surface area contributed by atoms with Gasteiger partial charge in [-0.05, 0) is 39.5 Å². The van der Waals surface area contributed by atoms with Gasteiger partial charge in [-0.25, -0.2) is 0 Å². The van der Waals surface area contributed by atoms with Crippen LogP contribution in [-0.4, -0.2) is 48.1 Å². The summed E-state index contributed by atoms with van der Waals surface area (Å²) in [5, 5.41) is 0. The molecule has 0 atom stereocenters. The Balaban J connectivity index is 1.66. The summed E-state index contributed by atoms with van der Waals surface area (Å²) in [5.41, 5.74) is 0.